The SMILES string of the molecule is CCCN1CCC(C[C@@H](NC(=O)OC(C)(C)C)C(=O)O)CC1. The number of piperidine rings is 1. The Balaban J connectivity index is 2.45. The van der Waals surface area contributed by atoms with Crippen molar-refractivity contribution >= 4 is 12.1 Å². The number of carboxylic acid groups (broad SMARTS) is 1. The number of carboxylic acids is 1. The van der Waals surface area contributed by atoms with Crippen molar-refractivity contribution in [3.8, 4) is 0 Å². The molecule has 0 unspecified atom stereocenters. The van der Waals surface area contributed by atoms with Gasteiger partial charge in [-0.1, -0.05) is 6.92 Å². The zero-order chi connectivity index (χ0) is 16.8. The average Bonchev–Trinajstić information content (AvgIpc) is 2.38. The highest BCUT2D eigenvalue weighted by molar-refractivity contribution is 5.80. The number of rotatable bonds is 6. The van der Waals surface area contributed by atoms with Crippen molar-refractivity contribution in [2.45, 2.75) is 65.0 Å². The number of amides is 1. The maximum atomic E-state index is 11.7. The maximum absolute atomic E-state index is 11.7. The molecule has 0 spiro atoms. The van der Waals surface area contributed by atoms with E-state index in [1.165, 1.54) is 0 Å². The van der Waals surface area contributed by atoms with Crippen LogP contribution in [-0.2, 0) is 9.53 Å². The number of ether oxygens (including phenoxy) is 1. The smallest absolute Gasteiger partial charge is 0.408 e. The Morgan fingerprint density at radius 1 is 1.32 bits per heavy atom. The van der Waals surface area contributed by atoms with Gasteiger partial charge >= 0.3 is 12.1 Å². The number of carbonyl (C=O) groups is 2. The number of nitrogens with zero attached hydrogens (tertiary/aromatic N) is 1. The van der Waals surface area contributed by atoms with E-state index in [1.54, 1.807) is 20.8 Å². The van der Waals surface area contributed by atoms with Crippen LogP contribution in [0, 0.1) is 5.92 Å². The molecule has 22 heavy (non-hydrogen) atoms. The lowest BCUT2D eigenvalue weighted by Gasteiger charge is -2.33. The summed E-state index contributed by atoms with van der Waals surface area (Å²) in [6.07, 6.45) is 2.92. The van der Waals surface area contributed by atoms with Gasteiger partial charge in [-0.2, -0.15) is 0 Å². The zero-order valence-corrected chi connectivity index (χ0v) is 14.2. The van der Waals surface area contributed by atoms with Crippen LogP contribution >= 0.6 is 0 Å². The van der Waals surface area contributed by atoms with E-state index < -0.39 is 23.7 Å². The minimum Gasteiger partial charge on any atom is -0.480 e. The third-order valence-corrected chi connectivity index (χ3v) is 3.81. The molecule has 0 radical (unpaired) electrons. The largest absolute Gasteiger partial charge is 0.480 e. The molecule has 0 aromatic heterocycles. The van der Waals surface area contributed by atoms with Crippen LogP contribution in [0.15, 0.2) is 0 Å². The van der Waals surface area contributed by atoms with Gasteiger partial charge in [0.25, 0.3) is 0 Å². The summed E-state index contributed by atoms with van der Waals surface area (Å²) in [5, 5.41) is 11.8. The molecular weight excluding hydrogens is 284 g/mol. The first-order valence-corrected chi connectivity index (χ1v) is 8.16. The first-order valence-electron chi connectivity index (χ1n) is 8.16. The summed E-state index contributed by atoms with van der Waals surface area (Å²) in [5.41, 5.74) is -0.626. The minimum atomic E-state index is -0.998. The van der Waals surface area contributed by atoms with Crippen LogP contribution in [0.25, 0.3) is 0 Å². The molecule has 1 rings (SSSR count). The number of nitrogens with one attached hydrogen (secondary N) is 1. The van der Waals surface area contributed by atoms with Gasteiger partial charge in [0.1, 0.15) is 11.6 Å². The van der Waals surface area contributed by atoms with E-state index in [1.807, 2.05) is 0 Å². The normalized spacial score (nSPS) is 18.7. The van der Waals surface area contributed by atoms with Crippen LogP contribution in [0.2, 0.25) is 0 Å². The lowest BCUT2D eigenvalue weighted by molar-refractivity contribution is -0.140. The van der Waals surface area contributed by atoms with E-state index in [0.717, 1.165) is 38.9 Å². The van der Waals surface area contributed by atoms with Gasteiger partial charge in [0.05, 0.1) is 0 Å². The Kier molecular flexibility index (Phi) is 7.13. The Morgan fingerprint density at radius 2 is 1.91 bits per heavy atom. The third-order valence-electron chi connectivity index (χ3n) is 3.81. The van der Waals surface area contributed by atoms with E-state index in [9.17, 15) is 14.7 Å². The first kappa shape index (κ1) is 18.7. The van der Waals surface area contributed by atoms with Gasteiger partial charge in [-0.05, 0) is 72.0 Å². The molecule has 0 aliphatic carbocycles. The molecule has 0 aromatic carbocycles. The number of carbonyl (C=O) groups excluding carboxylic acids is 1. The Morgan fingerprint density at radius 3 is 2.36 bits per heavy atom. The lowest BCUT2D eigenvalue weighted by atomic mass is 9.90. The second-order valence-electron chi connectivity index (χ2n) is 7.06. The van der Waals surface area contributed by atoms with Crippen LogP contribution in [0.1, 0.15) is 53.4 Å². The number of likely N-dealkylation sites (tertiary alicyclic amines) is 1. The monoisotopic (exact) mass is 314 g/mol. The maximum Gasteiger partial charge on any atom is 0.408 e. The summed E-state index contributed by atoms with van der Waals surface area (Å²) in [6, 6.07) is -0.877. The molecule has 1 saturated heterocycles. The molecule has 1 aliphatic heterocycles. The van der Waals surface area contributed by atoms with Gasteiger partial charge in [-0.3, -0.25) is 0 Å². The van der Waals surface area contributed by atoms with E-state index in [0.29, 0.717) is 12.3 Å². The van der Waals surface area contributed by atoms with Gasteiger partial charge in [0.15, 0.2) is 0 Å². The Hall–Kier alpha value is -1.30. The highest BCUT2D eigenvalue weighted by Crippen LogP contribution is 2.22. The number of alkyl carbamates (subject to hydrolysis) is 1. The summed E-state index contributed by atoms with van der Waals surface area (Å²) < 4.78 is 5.13. The molecule has 1 amide bonds. The van der Waals surface area contributed by atoms with Gasteiger partial charge in [-0.25, -0.2) is 9.59 Å². The molecule has 1 aliphatic rings. The topological polar surface area (TPSA) is 78.9 Å². The van der Waals surface area contributed by atoms with Crippen LogP contribution in [-0.4, -0.2) is 53.3 Å². The van der Waals surface area contributed by atoms with Crippen molar-refractivity contribution in [1.29, 1.82) is 0 Å². The quantitative estimate of drug-likeness (QED) is 0.787. The number of hydrogen-bond acceptors (Lipinski definition) is 4. The summed E-state index contributed by atoms with van der Waals surface area (Å²) in [4.78, 5) is 25.5. The summed E-state index contributed by atoms with van der Waals surface area (Å²) in [7, 11) is 0. The van der Waals surface area contributed by atoms with Crippen molar-refractivity contribution in [1.82, 2.24) is 10.2 Å². The van der Waals surface area contributed by atoms with Crippen LogP contribution < -0.4 is 5.32 Å². The van der Waals surface area contributed by atoms with Crippen molar-refractivity contribution in [2.24, 2.45) is 5.92 Å². The van der Waals surface area contributed by atoms with E-state index in [4.69, 9.17) is 4.74 Å². The fraction of sp³-hybridized carbons (Fsp3) is 0.875. The van der Waals surface area contributed by atoms with Crippen molar-refractivity contribution in [2.75, 3.05) is 19.6 Å². The average molecular weight is 314 g/mol. The van der Waals surface area contributed by atoms with Crippen molar-refractivity contribution in [3.05, 3.63) is 0 Å². The molecule has 0 bridgehead atoms. The predicted molar refractivity (Wildman–Crippen MR) is 84.9 cm³/mol. The van der Waals surface area contributed by atoms with E-state index >= 15 is 0 Å². The van der Waals surface area contributed by atoms with Crippen LogP contribution in [0.5, 0.6) is 0 Å². The Bertz CT molecular complexity index is 371. The molecule has 2 N–H and O–H groups in total. The second-order valence-corrected chi connectivity index (χ2v) is 7.06. The van der Waals surface area contributed by atoms with Crippen LogP contribution in [0.3, 0.4) is 0 Å². The van der Waals surface area contributed by atoms with Gasteiger partial charge in [-0.15, -0.1) is 0 Å². The zero-order valence-electron chi connectivity index (χ0n) is 14.2. The van der Waals surface area contributed by atoms with Crippen molar-refractivity contribution < 1.29 is 19.4 Å². The van der Waals surface area contributed by atoms with Crippen LogP contribution in [0.4, 0.5) is 4.79 Å². The molecule has 6 nitrogen and oxygen atoms in total. The van der Waals surface area contributed by atoms with E-state index in [-0.39, 0.29) is 0 Å². The lowest BCUT2D eigenvalue weighted by Crippen LogP contribution is -2.45. The van der Waals surface area contributed by atoms with Gasteiger partial charge in [0, 0.05) is 0 Å². The molecule has 1 heterocycles. The fourth-order valence-corrected chi connectivity index (χ4v) is 2.77. The number of hydrogen-bond donors (Lipinski definition) is 2. The summed E-state index contributed by atoms with van der Waals surface area (Å²) >= 11 is 0. The Labute approximate surface area is 133 Å². The highest BCUT2D eigenvalue weighted by Gasteiger charge is 2.28. The van der Waals surface area contributed by atoms with Gasteiger partial charge in [0.2, 0.25) is 0 Å². The van der Waals surface area contributed by atoms with E-state index in [2.05, 4.69) is 17.1 Å². The molecule has 6 heteroatoms. The molecular formula is C16H30N2O4. The third kappa shape index (κ3) is 7.11. The minimum absolute atomic E-state index is 0.337. The summed E-state index contributed by atoms with van der Waals surface area (Å²) in [6.45, 7) is 10.6. The molecule has 128 valence electrons. The molecule has 1 fully saturated rings. The number of aliphatic carboxylic acids is 1. The second kappa shape index (κ2) is 8.36. The predicted octanol–water partition coefficient (Wildman–Crippen LogP) is 2.48. The fourth-order valence-electron chi connectivity index (χ4n) is 2.77. The first-order chi connectivity index (χ1) is 10.2. The highest BCUT2D eigenvalue weighted by atomic mass is 16.6. The van der Waals surface area contributed by atoms with Crippen molar-refractivity contribution in [3.63, 3.8) is 0 Å². The van der Waals surface area contributed by atoms with Gasteiger partial charge < -0.3 is 20.1 Å². The summed E-state index contributed by atoms with van der Waals surface area (Å²) in [5.74, 6) is -0.661. The molecule has 0 saturated carbocycles. The molecule has 0 aromatic rings. The molecule has 1 atom stereocenters. The standard InChI is InChI=1S/C16H30N2O4/c1-5-8-18-9-6-12(7-10-18)11-13(14(19)20)17-15(21)22-16(2,3)4/h12-13H,5-11H2,1-4H3,(H,17,21)(H,19,20)/t13-/m1/s1.